The van der Waals surface area contributed by atoms with Crippen LogP contribution in [0.5, 0.6) is 5.75 Å². The fourth-order valence-electron chi connectivity index (χ4n) is 2.34. The summed E-state index contributed by atoms with van der Waals surface area (Å²) in [5.41, 5.74) is -3.35. The van der Waals surface area contributed by atoms with Gasteiger partial charge in [-0.3, -0.25) is 0 Å². The predicted molar refractivity (Wildman–Crippen MR) is 67.9 cm³/mol. The van der Waals surface area contributed by atoms with E-state index < -0.39 is 29.4 Å². The lowest BCUT2D eigenvalue weighted by molar-refractivity contribution is -0.261. The minimum absolute atomic E-state index is 0.121. The maximum atomic E-state index is 13.4. The number of hydrogen-bond donors (Lipinski definition) is 2. The van der Waals surface area contributed by atoms with Crippen LogP contribution in [0.1, 0.15) is 18.1 Å². The highest BCUT2D eigenvalue weighted by Crippen LogP contribution is 2.47. The summed E-state index contributed by atoms with van der Waals surface area (Å²) in [6.07, 6.45) is -6.28. The Balaban J connectivity index is 2.75. The van der Waals surface area contributed by atoms with Crippen LogP contribution in [0, 0.1) is 6.92 Å². The smallest absolute Gasteiger partial charge is 0.435 e. The lowest BCUT2D eigenvalue weighted by Crippen LogP contribution is -2.61. The van der Waals surface area contributed by atoms with E-state index >= 15 is 0 Å². The van der Waals surface area contributed by atoms with E-state index in [0.717, 1.165) is 18.6 Å². The van der Waals surface area contributed by atoms with Crippen LogP contribution in [0.3, 0.4) is 0 Å². The molecule has 0 bridgehead atoms. The predicted octanol–water partition coefficient (Wildman–Crippen LogP) is 2.54. The molecule has 1 aliphatic rings. The number of aliphatic hydroxyl groups is 1. The average Bonchev–Trinajstić information content (AvgIpc) is 2.35. The van der Waals surface area contributed by atoms with Gasteiger partial charge in [-0.05, 0) is 32.1 Å². The molecule has 1 heterocycles. The lowest BCUT2D eigenvalue weighted by atomic mass is 9.83. The molecule has 2 atom stereocenters. The van der Waals surface area contributed by atoms with Crippen LogP contribution < -0.4 is 4.74 Å². The number of benzene rings is 1. The number of rotatable bonds is 2. The topological polar surface area (TPSA) is 66.8 Å². The number of fused-ring (bicyclic) bond motifs is 1. The highest BCUT2D eigenvalue weighted by Gasteiger charge is 2.66. The van der Waals surface area contributed by atoms with E-state index in [2.05, 4.69) is 0 Å². The molecule has 0 saturated carbocycles. The number of carboxylic acid groups (broad SMARTS) is 1. The van der Waals surface area contributed by atoms with Crippen LogP contribution in [-0.2, 0) is 4.79 Å². The molecule has 7 heteroatoms. The SMILES string of the molecule is Cc1ccc2c(c1)C=C(C(=O)O)C(C(C)O)(C(F)(F)F)O2. The van der Waals surface area contributed by atoms with Gasteiger partial charge < -0.3 is 14.9 Å². The Bertz CT molecular complexity index is 619. The van der Waals surface area contributed by atoms with Crippen molar-refractivity contribution >= 4 is 12.0 Å². The number of alkyl halides is 3. The Morgan fingerprint density at radius 1 is 1.38 bits per heavy atom. The fourth-order valence-corrected chi connectivity index (χ4v) is 2.34. The molecule has 1 aromatic carbocycles. The summed E-state index contributed by atoms with van der Waals surface area (Å²) in [6.45, 7) is 2.57. The van der Waals surface area contributed by atoms with E-state index in [1.54, 1.807) is 13.0 Å². The Morgan fingerprint density at radius 3 is 2.48 bits per heavy atom. The molecule has 0 aromatic heterocycles. The standard InChI is InChI=1S/C14H13F3O4/c1-7-3-4-11-9(5-7)6-10(12(19)20)13(21-11,8(2)18)14(15,16)17/h3-6,8,18H,1-2H3,(H,19,20). The van der Waals surface area contributed by atoms with Gasteiger partial charge in [0.1, 0.15) is 11.9 Å². The third-order valence-corrected chi connectivity index (χ3v) is 3.38. The van der Waals surface area contributed by atoms with Gasteiger partial charge in [0.25, 0.3) is 5.60 Å². The van der Waals surface area contributed by atoms with Crippen molar-refractivity contribution in [3.63, 3.8) is 0 Å². The molecule has 0 aliphatic carbocycles. The molecule has 2 N–H and O–H groups in total. The summed E-state index contributed by atoms with van der Waals surface area (Å²) in [4.78, 5) is 11.3. The van der Waals surface area contributed by atoms with Crippen molar-refractivity contribution in [3.05, 3.63) is 34.9 Å². The molecule has 0 saturated heterocycles. The quantitative estimate of drug-likeness (QED) is 0.881. The molecule has 4 nitrogen and oxygen atoms in total. The van der Waals surface area contributed by atoms with Crippen LogP contribution in [0.4, 0.5) is 13.2 Å². The first-order valence-corrected chi connectivity index (χ1v) is 6.09. The fraction of sp³-hybridized carbons (Fsp3) is 0.357. The van der Waals surface area contributed by atoms with Crippen LogP contribution in [0.2, 0.25) is 0 Å². The Hall–Kier alpha value is -2.02. The number of aliphatic carboxylic acids is 1. The van der Waals surface area contributed by atoms with Gasteiger partial charge in [0.2, 0.25) is 0 Å². The third kappa shape index (κ3) is 2.27. The molecular formula is C14H13F3O4. The number of aryl methyl sites for hydroxylation is 1. The van der Waals surface area contributed by atoms with Crippen molar-refractivity contribution in [3.8, 4) is 5.75 Å². The third-order valence-electron chi connectivity index (χ3n) is 3.38. The van der Waals surface area contributed by atoms with Gasteiger partial charge >= 0.3 is 12.1 Å². The zero-order chi connectivity index (χ0) is 16.0. The molecule has 0 radical (unpaired) electrons. The Kier molecular flexibility index (Phi) is 3.49. The number of carbonyl (C=O) groups is 1. The molecule has 2 rings (SSSR count). The minimum Gasteiger partial charge on any atom is -0.478 e. The number of carboxylic acids is 1. The number of halogens is 3. The van der Waals surface area contributed by atoms with E-state index in [1.165, 1.54) is 12.1 Å². The highest BCUT2D eigenvalue weighted by molar-refractivity contribution is 5.96. The van der Waals surface area contributed by atoms with Crippen molar-refractivity contribution in [2.24, 2.45) is 0 Å². The number of ether oxygens (including phenoxy) is 1. The van der Waals surface area contributed by atoms with Crippen LogP contribution in [0.15, 0.2) is 23.8 Å². The normalized spacial score (nSPS) is 22.9. The van der Waals surface area contributed by atoms with E-state index in [4.69, 9.17) is 9.84 Å². The van der Waals surface area contributed by atoms with Crippen molar-refractivity contribution in [2.45, 2.75) is 31.7 Å². The molecule has 21 heavy (non-hydrogen) atoms. The van der Waals surface area contributed by atoms with E-state index in [1.807, 2.05) is 0 Å². The maximum Gasteiger partial charge on any atom is 0.435 e. The second-order valence-corrected chi connectivity index (χ2v) is 4.92. The van der Waals surface area contributed by atoms with Gasteiger partial charge in [0.15, 0.2) is 0 Å². The van der Waals surface area contributed by atoms with Crippen LogP contribution in [0.25, 0.3) is 6.08 Å². The maximum absolute atomic E-state index is 13.4. The zero-order valence-electron chi connectivity index (χ0n) is 11.2. The minimum atomic E-state index is -5.09. The lowest BCUT2D eigenvalue weighted by Gasteiger charge is -2.41. The van der Waals surface area contributed by atoms with Gasteiger partial charge in [-0.1, -0.05) is 11.6 Å². The van der Waals surface area contributed by atoms with Crippen LogP contribution in [-0.4, -0.2) is 34.1 Å². The molecule has 2 unspecified atom stereocenters. The second-order valence-electron chi connectivity index (χ2n) is 4.92. The second kappa shape index (κ2) is 4.77. The van der Waals surface area contributed by atoms with Gasteiger partial charge in [-0.2, -0.15) is 13.2 Å². The van der Waals surface area contributed by atoms with Gasteiger partial charge in [-0.15, -0.1) is 0 Å². The van der Waals surface area contributed by atoms with E-state index in [-0.39, 0.29) is 11.3 Å². The van der Waals surface area contributed by atoms with Gasteiger partial charge in [-0.25, -0.2) is 4.79 Å². The molecule has 0 amide bonds. The molecule has 1 aromatic rings. The molecule has 1 aliphatic heterocycles. The first-order chi connectivity index (χ1) is 9.59. The zero-order valence-corrected chi connectivity index (χ0v) is 11.2. The van der Waals surface area contributed by atoms with Gasteiger partial charge in [0.05, 0.1) is 5.57 Å². The largest absolute Gasteiger partial charge is 0.478 e. The van der Waals surface area contributed by atoms with E-state index in [9.17, 15) is 23.1 Å². The van der Waals surface area contributed by atoms with Crippen molar-refractivity contribution < 1.29 is 32.9 Å². The average molecular weight is 302 g/mol. The summed E-state index contributed by atoms with van der Waals surface area (Å²) in [5, 5.41) is 18.7. The summed E-state index contributed by atoms with van der Waals surface area (Å²) >= 11 is 0. The van der Waals surface area contributed by atoms with Crippen LogP contribution >= 0.6 is 0 Å². The molecular weight excluding hydrogens is 289 g/mol. The Morgan fingerprint density at radius 2 is 2.00 bits per heavy atom. The Labute approximate surface area is 118 Å². The monoisotopic (exact) mass is 302 g/mol. The number of aliphatic hydroxyl groups excluding tert-OH is 1. The summed E-state index contributed by atoms with van der Waals surface area (Å²) < 4.78 is 45.3. The summed E-state index contributed by atoms with van der Waals surface area (Å²) in [5.74, 6) is -1.91. The molecule has 114 valence electrons. The van der Waals surface area contributed by atoms with Gasteiger partial charge in [0, 0.05) is 5.56 Å². The molecule has 0 fully saturated rings. The van der Waals surface area contributed by atoms with Crippen molar-refractivity contribution in [2.75, 3.05) is 0 Å². The first kappa shape index (κ1) is 15.4. The van der Waals surface area contributed by atoms with Crippen molar-refractivity contribution in [1.82, 2.24) is 0 Å². The van der Waals surface area contributed by atoms with E-state index in [0.29, 0.717) is 0 Å². The molecule has 0 spiro atoms. The summed E-state index contributed by atoms with van der Waals surface area (Å²) in [7, 11) is 0. The first-order valence-electron chi connectivity index (χ1n) is 6.09. The highest BCUT2D eigenvalue weighted by atomic mass is 19.4. The summed E-state index contributed by atoms with van der Waals surface area (Å²) in [6, 6.07) is 4.38. The van der Waals surface area contributed by atoms with Crippen molar-refractivity contribution in [1.29, 1.82) is 0 Å². The number of hydrogen-bond acceptors (Lipinski definition) is 3.